The Hall–Kier alpha value is -4.07. The molecule has 3 aromatic carbocycles. The third-order valence-corrected chi connectivity index (χ3v) is 8.64. The summed E-state index contributed by atoms with van der Waals surface area (Å²) in [6, 6.07) is 15.1. The molecule has 10 nitrogen and oxygen atoms in total. The summed E-state index contributed by atoms with van der Waals surface area (Å²) >= 11 is 1.05. The van der Waals surface area contributed by atoms with Crippen LogP contribution in [-0.4, -0.2) is 47.8 Å². The molecule has 1 amide bonds. The molecule has 0 saturated heterocycles. The van der Waals surface area contributed by atoms with Gasteiger partial charge in [0.1, 0.15) is 5.82 Å². The number of hydrazone groups is 1. The van der Waals surface area contributed by atoms with E-state index in [-0.39, 0.29) is 21.3 Å². The zero-order chi connectivity index (χ0) is 27.4. The molecule has 4 rings (SSSR count). The van der Waals surface area contributed by atoms with E-state index in [1.807, 2.05) is 0 Å². The molecule has 0 bridgehead atoms. The van der Waals surface area contributed by atoms with Crippen LogP contribution >= 0.6 is 11.3 Å². The number of thiazole rings is 1. The standard InChI is InChI=1S/C25H22FN5O5S2/c1-3-29(4-2)38(35,36)21-12-7-18(8-13-21)24(32)30(25-28-22-14-9-19(26)15-23(22)37-25)27-16-17-5-10-20(11-6-17)31(33)34/h5-16H,3-4H2,1-2H3/b27-16+. The van der Waals surface area contributed by atoms with E-state index in [2.05, 4.69) is 10.1 Å². The van der Waals surface area contributed by atoms with Crippen LogP contribution in [0.2, 0.25) is 0 Å². The molecule has 0 saturated carbocycles. The van der Waals surface area contributed by atoms with Gasteiger partial charge in [0.25, 0.3) is 11.6 Å². The highest BCUT2D eigenvalue weighted by molar-refractivity contribution is 7.89. The second-order valence-electron chi connectivity index (χ2n) is 7.93. The van der Waals surface area contributed by atoms with Gasteiger partial charge in [0, 0.05) is 30.8 Å². The number of benzene rings is 3. The lowest BCUT2D eigenvalue weighted by molar-refractivity contribution is -0.384. The third-order valence-electron chi connectivity index (χ3n) is 5.58. The third kappa shape index (κ3) is 5.59. The number of carbonyl (C=O) groups excluding carboxylic acids is 1. The van der Waals surface area contributed by atoms with Crippen LogP contribution in [-0.2, 0) is 10.0 Å². The molecular formula is C25H22FN5O5S2. The summed E-state index contributed by atoms with van der Waals surface area (Å²) in [4.78, 5) is 28.4. The van der Waals surface area contributed by atoms with Crippen molar-refractivity contribution < 1.29 is 22.5 Å². The summed E-state index contributed by atoms with van der Waals surface area (Å²) in [5.41, 5.74) is 1.01. The van der Waals surface area contributed by atoms with Crippen LogP contribution in [0.3, 0.4) is 0 Å². The van der Waals surface area contributed by atoms with E-state index in [1.165, 1.54) is 77.2 Å². The number of aromatic nitrogens is 1. The van der Waals surface area contributed by atoms with E-state index in [1.54, 1.807) is 13.8 Å². The summed E-state index contributed by atoms with van der Waals surface area (Å²) in [7, 11) is -3.71. The molecule has 1 heterocycles. The fraction of sp³-hybridized carbons (Fsp3) is 0.160. The maximum absolute atomic E-state index is 13.7. The number of non-ortho nitro benzene ring substituents is 1. The van der Waals surface area contributed by atoms with Gasteiger partial charge in [-0.2, -0.15) is 14.4 Å². The highest BCUT2D eigenvalue weighted by atomic mass is 32.2. The van der Waals surface area contributed by atoms with Crippen molar-refractivity contribution in [3.8, 4) is 0 Å². The molecule has 0 atom stereocenters. The molecule has 0 unspecified atom stereocenters. The SMILES string of the molecule is CCN(CC)S(=O)(=O)c1ccc(C(=O)N(/N=C/c2ccc([N+](=O)[O-])cc2)c2nc3ccc(F)cc3s2)cc1. The van der Waals surface area contributed by atoms with Crippen molar-refractivity contribution >= 4 is 54.5 Å². The number of nitrogens with zero attached hydrogens (tertiary/aromatic N) is 5. The van der Waals surface area contributed by atoms with Gasteiger partial charge in [0.15, 0.2) is 0 Å². The Morgan fingerprint density at radius 3 is 2.34 bits per heavy atom. The molecule has 0 N–H and O–H groups in total. The zero-order valence-electron chi connectivity index (χ0n) is 20.3. The molecule has 13 heteroatoms. The van der Waals surface area contributed by atoms with E-state index < -0.39 is 26.7 Å². The van der Waals surface area contributed by atoms with E-state index in [4.69, 9.17) is 0 Å². The highest BCUT2D eigenvalue weighted by Gasteiger charge is 2.24. The van der Waals surface area contributed by atoms with Crippen molar-refractivity contribution in [2.45, 2.75) is 18.7 Å². The van der Waals surface area contributed by atoms with Gasteiger partial charge in [-0.3, -0.25) is 14.9 Å². The summed E-state index contributed by atoms with van der Waals surface area (Å²) in [6.07, 6.45) is 1.34. The minimum absolute atomic E-state index is 0.0501. The summed E-state index contributed by atoms with van der Waals surface area (Å²) < 4.78 is 41.2. The first-order chi connectivity index (χ1) is 18.1. The topological polar surface area (TPSA) is 126 Å². The smallest absolute Gasteiger partial charge is 0.267 e. The number of fused-ring (bicyclic) bond motifs is 1. The fourth-order valence-corrected chi connectivity index (χ4v) is 5.98. The van der Waals surface area contributed by atoms with E-state index in [9.17, 15) is 27.7 Å². The quantitative estimate of drug-likeness (QED) is 0.162. The van der Waals surface area contributed by atoms with Crippen molar-refractivity contribution in [3.63, 3.8) is 0 Å². The molecule has 0 aliphatic heterocycles. The minimum Gasteiger partial charge on any atom is -0.267 e. The van der Waals surface area contributed by atoms with Crippen LogP contribution < -0.4 is 5.01 Å². The molecular weight excluding hydrogens is 533 g/mol. The van der Waals surface area contributed by atoms with E-state index in [0.717, 1.165) is 16.3 Å². The van der Waals surface area contributed by atoms with Crippen LogP contribution in [0.25, 0.3) is 10.2 Å². The van der Waals surface area contributed by atoms with Gasteiger partial charge in [-0.1, -0.05) is 25.2 Å². The van der Waals surface area contributed by atoms with Gasteiger partial charge < -0.3 is 0 Å². The number of carbonyl (C=O) groups is 1. The Morgan fingerprint density at radius 1 is 1.08 bits per heavy atom. The summed E-state index contributed by atoms with van der Waals surface area (Å²) in [6.45, 7) is 4.10. The molecule has 4 aromatic rings. The average Bonchev–Trinajstić information content (AvgIpc) is 3.32. The molecule has 38 heavy (non-hydrogen) atoms. The predicted octanol–water partition coefficient (Wildman–Crippen LogP) is 5.06. The first-order valence-corrected chi connectivity index (χ1v) is 13.7. The number of halogens is 1. The molecule has 196 valence electrons. The summed E-state index contributed by atoms with van der Waals surface area (Å²) in [5, 5.41) is 16.4. The maximum atomic E-state index is 13.7. The van der Waals surface area contributed by atoms with Gasteiger partial charge in [0.2, 0.25) is 15.2 Å². The van der Waals surface area contributed by atoms with E-state index >= 15 is 0 Å². The van der Waals surface area contributed by atoms with Crippen LogP contribution in [0.1, 0.15) is 29.8 Å². The van der Waals surface area contributed by atoms with Gasteiger partial charge in [-0.05, 0) is 60.2 Å². The van der Waals surface area contributed by atoms with Crippen molar-refractivity contribution in [2.24, 2.45) is 5.10 Å². The normalized spacial score (nSPS) is 11.9. The number of nitro groups is 1. The number of rotatable bonds is 9. The van der Waals surface area contributed by atoms with E-state index in [0.29, 0.717) is 28.9 Å². The molecule has 0 radical (unpaired) electrons. The van der Waals surface area contributed by atoms with Crippen molar-refractivity contribution in [2.75, 3.05) is 18.1 Å². The Morgan fingerprint density at radius 2 is 1.74 bits per heavy atom. The lowest BCUT2D eigenvalue weighted by atomic mass is 10.2. The Kier molecular flexibility index (Phi) is 7.90. The Balaban J connectivity index is 1.71. The largest absolute Gasteiger partial charge is 0.280 e. The predicted molar refractivity (Wildman–Crippen MR) is 144 cm³/mol. The molecule has 0 fully saturated rings. The number of hydrogen-bond acceptors (Lipinski definition) is 8. The number of anilines is 1. The maximum Gasteiger partial charge on any atom is 0.280 e. The Labute approximate surface area is 221 Å². The zero-order valence-corrected chi connectivity index (χ0v) is 21.9. The van der Waals surface area contributed by atoms with Crippen molar-refractivity contribution in [3.05, 3.63) is 93.8 Å². The molecule has 0 spiro atoms. The van der Waals surface area contributed by atoms with Crippen LogP contribution in [0.15, 0.2) is 76.7 Å². The molecule has 0 aliphatic carbocycles. The van der Waals surface area contributed by atoms with Crippen LogP contribution in [0.5, 0.6) is 0 Å². The second-order valence-corrected chi connectivity index (χ2v) is 10.9. The average molecular weight is 556 g/mol. The Bertz CT molecular complexity index is 1620. The number of sulfonamides is 1. The number of hydrogen-bond donors (Lipinski definition) is 0. The lowest BCUT2D eigenvalue weighted by Crippen LogP contribution is -2.30. The summed E-state index contributed by atoms with van der Waals surface area (Å²) in [5.74, 6) is -1.06. The van der Waals surface area contributed by atoms with Gasteiger partial charge >= 0.3 is 0 Å². The second kappa shape index (κ2) is 11.1. The van der Waals surface area contributed by atoms with Crippen LogP contribution in [0, 0.1) is 15.9 Å². The highest BCUT2D eigenvalue weighted by Crippen LogP contribution is 2.31. The first kappa shape index (κ1) is 27.0. The van der Waals surface area contributed by atoms with Crippen LogP contribution in [0.4, 0.5) is 15.2 Å². The number of amides is 1. The van der Waals surface area contributed by atoms with Gasteiger partial charge in [-0.15, -0.1) is 0 Å². The fourth-order valence-electron chi connectivity index (χ4n) is 3.58. The van der Waals surface area contributed by atoms with Gasteiger partial charge in [0.05, 0.1) is 26.3 Å². The lowest BCUT2D eigenvalue weighted by Gasteiger charge is -2.19. The first-order valence-electron chi connectivity index (χ1n) is 11.4. The number of nitro benzene ring substituents is 1. The van der Waals surface area contributed by atoms with Crippen molar-refractivity contribution in [1.29, 1.82) is 0 Å². The monoisotopic (exact) mass is 555 g/mol. The molecule has 0 aliphatic rings. The van der Waals surface area contributed by atoms with Gasteiger partial charge in [-0.25, -0.2) is 17.8 Å². The van der Waals surface area contributed by atoms with Crippen molar-refractivity contribution in [1.82, 2.24) is 9.29 Å². The molecule has 1 aromatic heterocycles. The minimum atomic E-state index is -3.71.